The standard InChI is InChI=1S/C26H26Cl2N2O4/c27-20-5-2-6-21(28)23(20)24-19(25(34-30-24)16-7-8-16)14-22(15-9-11-29-12-10-15)33-18-4-1-3-17(13-18)26(31)32/h1-6,13,15-16,22,29H,7-12,14H2,(H,31,32). The van der Waals surface area contributed by atoms with Gasteiger partial charge in [-0.25, -0.2) is 4.79 Å². The van der Waals surface area contributed by atoms with Gasteiger partial charge < -0.3 is 19.7 Å². The molecule has 0 amide bonds. The minimum Gasteiger partial charge on any atom is -0.490 e. The number of aromatic nitrogens is 1. The van der Waals surface area contributed by atoms with Crippen LogP contribution in [0.3, 0.4) is 0 Å². The summed E-state index contributed by atoms with van der Waals surface area (Å²) < 4.78 is 12.4. The second-order valence-corrected chi connectivity index (χ2v) is 9.84. The number of benzene rings is 2. The van der Waals surface area contributed by atoms with Gasteiger partial charge in [0.05, 0.1) is 15.6 Å². The topological polar surface area (TPSA) is 84.6 Å². The van der Waals surface area contributed by atoms with Crippen molar-refractivity contribution in [1.29, 1.82) is 0 Å². The minimum absolute atomic E-state index is 0.178. The zero-order valence-corrected chi connectivity index (χ0v) is 20.1. The van der Waals surface area contributed by atoms with E-state index < -0.39 is 5.97 Å². The quantitative estimate of drug-likeness (QED) is 0.382. The number of piperidine rings is 1. The summed E-state index contributed by atoms with van der Waals surface area (Å²) in [5.41, 5.74) is 2.52. The van der Waals surface area contributed by atoms with Crippen LogP contribution in [-0.2, 0) is 6.42 Å². The summed E-state index contributed by atoms with van der Waals surface area (Å²) in [6.45, 7) is 1.84. The average molecular weight is 501 g/mol. The van der Waals surface area contributed by atoms with E-state index in [1.807, 2.05) is 12.1 Å². The number of carboxylic acids is 1. The Labute approximate surface area is 208 Å². The normalized spacial score (nSPS) is 17.5. The molecule has 5 rings (SSSR count). The summed E-state index contributed by atoms with van der Waals surface area (Å²) in [7, 11) is 0. The molecule has 2 N–H and O–H groups in total. The summed E-state index contributed by atoms with van der Waals surface area (Å²) in [4.78, 5) is 11.5. The van der Waals surface area contributed by atoms with Crippen molar-refractivity contribution in [3.05, 3.63) is 69.4 Å². The molecule has 1 aliphatic heterocycles. The Balaban J connectivity index is 1.53. The number of rotatable bonds is 8. The number of carbonyl (C=O) groups is 1. The summed E-state index contributed by atoms with van der Waals surface area (Å²) in [5, 5.41) is 18.3. The molecular formula is C26H26Cl2N2O4. The van der Waals surface area contributed by atoms with Crippen molar-refractivity contribution in [2.24, 2.45) is 5.92 Å². The van der Waals surface area contributed by atoms with Crippen LogP contribution in [0.1, 0.15) is 53.3 Å². The highest BCUT2D eigenvalue weighted by Gasteiger charge is 2.36. The fourth-order valence-electron chi connectivity index (χ4n) is 4.71. The Morgan fingerprint density at radius 2 is 1.82 bits per heavy atom. The van der Waals surface area contributed by atoms with E-state index in [0.717, 1.165) is 50.1 Å². The summed E-state index contributed by atoms with van der Waals surface area (Å²) in [6, 6.07) is 12.1. The second-order valence-electron chi connectivity index (χ2n) is 9.03. The third-order valence-corrected chi connectivity index (χ3v) is 7.28. The lowest BCUT2D eigenvalue weighted by atomic mass is 9.87. The van der Waals surface area contributed by atoms with Crippen molar-refractivity contribution in [3.8, 4) is 17.0 Å². The first-order chi connectivity index (χ1) is 16.5. The lowest BCUT2D eigenvalue weighted by molar-refractivity contribution is 0.0694. The molecular weight excluding hydrogens is 475 g/mol. The lowest BCUT2D eigenvalue weighted by Crippen LogP contribution is -2.38. The van der Waals surface area contributed by atoms with Crippen LogP contribution >= 0.6 is 23.2 Å². The molecule has 6 nitrogen and oxygen atoms in total. The third-order valence-electron chi connectivity index (χ3n) is 6.65. The summed E-state index contributed by atoms with van der Waals surface area (Å²) >= 11 is 13.1. The Morgan fingerprint density at radius 3 is 2.50 bits per heavy atom. The van der Waals surface area contributed by atoms with E-state index in [1.54, 1.807) is 30.3 Å². The fourth-order valence-corrected chi connectivity index (χ4v) is 5.28. The molecule has 0 spiro atoms. The molecule has 1 aliphatic carbocycles. The number of hydrogen-bond donors (Lipinski definition) is 2. The van der Waals surface area contributed by atoms with Crippen molar-refractivity contribution >= 4 is 29.2 Å². The van der Waals surface area contributed by atoms with E-state index in [4.69, 9.17) is 32.5 Å². The Hall–Kier alpha value is -2.54. The maximum atomic E-state index is 11.5. The Morgan fingerprint density at radius 1 is 1.12 bits per heavy atom. The van der Waals surface area contributed by atoms with Gasteiger partial charge in [0.1, 0.15) is 23.3 Å². The highest BCUT2D eigenvalue weighted by Crippen LogP contribution is 2.46. The molecule has 0 bridgehead atoms. The van der Waals surface area contributed by atoms with Gasteiger partial charge >= 0.3 is 5.97 Å². The number of nitrogens with zero attached hydrogens (tertiary/aromatic N) is 1. The highest BCUT2D eigenvalue weighted by molar-refractivity contribution is 6.39. The van der Waals surface area contributed by atoms with Crippen molar-refractivity contribution in [2.75, 3.05) is 13.1 Å². The van der Waals surface area contributed by atoms with Crippen LogP contribution in [0.4, 0.5) is 0 Å². The van der Waals surface area contributed by atoms with E-state index in [1.165, 1.54) is 0 Å². The molecule has 178 valence electrons. The first-order valence-corrected chi connectivity index (χ1v) is 12.4. The lowest BCUT2D eigenvalue weighted by Gasteiger charge is -2.31. The van der Waals surface area contributed by atoms with E-state index in [9.17, 15) is 9.90 Å². The van der Waals surface area contributed by atoms with E-state index >= 15 is 0 Å². The molecule has 34 heavy (non-hydrogen) atoms. The first-order valence-electron chi connectivity index (χ1n) is 11.6. The molecule has 0 radical (unpaired) electrons. The number of hydrogen-bond acceptors (Lipinski definition) is 5. The number of nitrogens with one attached hydrogen (secondary N) is 1. The van der Waals surface area contributed by atoms with Crippen molar-refractivity contribution in [1.82, 2.24) is 10.5 Å². The largest absolute Gasteiger partial charge is 0.490 e. The van der Waals surface area contributed by atoms with Gasteiger partial charge in [-0.15, -0.1) is 0 Å². The molecule has 2 aliphatic rings. The van der Waals surface area contributed by atoms with Crippen LogP contribution in [0.2, 0.25) is 10.0 Å². The van der Waals surface area contributed by atoms with Crippen LogP contribution in [0.15, 0.2) is 47.0 Å². The molecule has 1 saturated carbocycles. The maximum Gasteiger partial charge on any atom is 0.335 e. The molecule has 1 saturated heterocycles. The SMILES string of the molecule is O=C(O)c1cccc(OC(Cc2c(-c3c(Cl)cccc3Cl)noc2C2CC2)C2CCNCC2)c1. The first kappa shape index (κ1) is 23.2. The van der Waals surface area contributed by atoms with Crippen molar-refractivity contribution in [2.45, 2.75) is 44.1 Å². The number of carboxylic acid groups (broad SMARTS) is 1. The van der Waals surface area contributed by atoms with Gasteiger partial charge in [-0.2, -0.15) is 0 Å². The third kappa shape index (κ3) is 4.95. The van der Waals surface area contributed by atoms with Crippen LogP contribution in [-0.4, -0.2) is 35.4 Å². The predicted octanol–water partition coefficient (Wildman–Crippen LogP) is 6.21. The van der Waals surface area contributed by atoms with Crippen LogP contribution in [0, 0.1) is 5.92 Å². The monoisotopic (exact) mass is 500 g/mol. The smallest absolute Gasteiger partial charge is 0.335 e. The Bertz CT molecular complexity index is 1170. The van der Waals surface area contributed by atoms with E-state index in [-0.39, 0.29) is 11.7 Å². The highest BCUT2D eigenvalue weighted by atomic mass is 35.5. The van der Waals surface area contributed by atoms with Crippen LogP contribution in [0.25, 0.3) is 11.3 Å². The van der Waals surface area contributed by atoms with Gasteiger partial charge in [0, 0.05) is 23.5 Å². The predicted molar refractivity (Wildman–Crippen MR) is 131 cm³/mol. The van der Waals surface area contributed by atoms with Gasteiger partial charge in [-0.1, -0.05) is 40.5 Å². The zero-order valence-electron chi connectivity index (χ0n) is 18.6. The van der Waals surface area contributed by atoms with Crippen molar-refractivity contribution < 1.29 is 19.2 Å². The Kier molecular flexibility index (Phi) is 6.82. The minimum atomic E-state index is -0.977. The molecule has 3 aromatic rings. The van der Waals surface area contributed by atoms with E-state index in [2.05, 4.69) is 10.5 Å². The van der Waals surface area contributed by atoms with Crippen LogP contribution in [0.5, 0.6) is 5.75 Å². The number of halogens is 2. The van der Waals surface area contributed by atoms with Gasteiger partial charge in [-0.05, 0) is 75.0 Å². The molecule has 1 unspecified atom stereocenters. The summed E-state index contributed by atoms with van der Waals surface area (Å²) in [5.74, 6) is 1.10. The molecule has 8 heteroatoms. The number of ether oxygens (including phenoxy) is 1. The molecule has 2 heterocycles. The molecule has 2 aromatic carbocycles. The van der Waals surface area contributed by atoms with Crippen molar-refractivity contribution in [3.63, 3.8) is 0 Å². The van der Waals surface area contributed by atoms with E-state index in [0.29, 0.717) is 45.3 Å². The zero-order chi connectivity index (χ0) is 23.7. The van der Waals surface area contributed by atoms with Gasteiger partial charge in [0.15, 0.2) is 0 Å². The summed E-state index contributed by atoms with van der Waals surface area (Å²) in [6.07, 6.45) is 4.47. The average Bonchev–Trinajstić information content (AvgIpc) is 3.60. The second kappa shape index (κ2) is 9.98. The van der Waals surface area contributed by atoms with Gasteiger partial charge in [0.2, 0.25) is 0 Å². The van der Waals surface area contributed by atoms with Gasteiger partial charge in [0.25, 0.3) is 0 Å². The molecule has 2 fully saturated rings. The van der Waals surface area contributed by atoms with Gasteiger partial charge in [-0.3, -0.25) is 0 Å². The molecule has 1 aromatic heterocycles. The molecule has 1 atom stereocenters. The fraction of sp³-hybridized carbons (Fsp3) is 0.385. The number of aromatic carboxylic acids is 1. The van der Waals surface area contributed by atoms with Crippen LogP contribution < -0.4 is 10.1 Å². The maximum absolute atomic E-state index is 11.5.